The van der Waals surface area contributed by atoms with Crippen LogP contribution in [0.25, 0.3) is 0 Å². The predicted octanol–water partition coefficient (Wildman–Crippen LogP) is 2.24. The van der Waals surface area contributed by atoms with E-state index in [4.69, 9.17) is 9.47 Å². The van der Waals surface area contributed by atoms with Gasteiger partial charge in [-0.25, -0.2) is 0 Å². The monoisotopic (exact) mass is 237 g/mol. The number of aromatic hydroxyl groups is 1. The summed E-state index contributed by atoms with van der Waals surface area (Å²) in [5, 5.41) is 13.1. The summed E-state index contributed by atoms with van der Waals surface area (Å²) in [6.45, 7) is 0.692. The van der Waals surface area contributed by atoms with Gasteiger partial charge in [0.1, 0.15) is 0 Å². The molecule has 4 nitrogen and oxygen atoms in total. The van der Waals surface area contributed by atoms with Crippen molar-refractivity contribution in [2.24, 2.45) is 5.92 Å². The van der Waals surface area contributed by atoms with Crippen molar-refractivity contribution in [1.82, 2.24) is 0 Å². The lowest BCUT2D eigenvalue weighted by Gasteiger charge is -2.19. The molecule has 1 saturated carbocycles. The summed E-state index contributed by atoms with van der Waals surface area (Å²) < 4.78 is 10.2. The number of nitrogens with one attached hydrogen (secondary N) is 1. The molecule has 2 N–H and O–H groups in total. The molecule has 1 fully saturated rings. The van der Waals surface area contributed by atoms with Crippen molar-refractivity contribution in [1.29, 1.82) is 0 Å². The van der Waals surface area contributed by atoms with Gasteiger partial charge in [0, 0.05) is 18.9 Å². The molecule has 0 aliphatic heterocycles. The van der Waals surface area contributed by atoms with Crippen molar-refractivity contribution in [2.45, 2.75) is 18.9 Å². The number of anilines is 1. The fourth-order valence-electron chi connectivity index (χ4n) is 1.97. The minimum Gasteiger partial charge on any atom is -0.504 e. The van der Waals surface area contributed by atoms with Crippen LogP contribution in [0.4, 0.5) is 5.69 Å². The molecule has 0 amide bonds. The summed E-state index contributed by atoms with van der Waals surface area (Å²) >= 11 is 0. The first-order valence-electron chi connectivity index (χ1n) is 5.87. The number of methoxy groups -OCH3 is 2. The predicted molar refractivity (Wildman–Crippen MR) is 66.7 cm³/mol. The van der Waals surface area contributed by atoms with Gasteiger partial charge in [0.2, 0.25) is 0 Å². The number of hydrogen-bond donors (Lipinski definition) is 2. The van der Waals surface area contributed by atoms with Crippen LogP contribution in [-0.2, 0) is 4.74 Å². The van der Waals surface area contributed by atoms with E-state index < -0.39 is 0 Å². The van der Waals surface area contributed by atoms with E-state index in [0.29, 0.717) is 24.3 Å². The van der Waals surface area contributed by atoms with Crippen molar-refractivity contribution in [3.63, 3.8) is 0 Å². The minimum absolute atomic E-state index is 0.157. The van der Waals surface area contributed by atoms with E-state index in [0.717, 1.165) is 5.69 Å². The van der Waals surface area contributed by atoms with E-state index in [1.807, 2.05) is 6.07 Å². The number of hydrogen-bond acceptors (Lipinski definition) is 4. The standard InChI is InChI=1S/C13H19NO3/c1-16-8-11(9-3-4-9)14-10-5-6-13(17-2)12(15)7-10/h5-7,9,11,14-15H,3-4,8H2,1-2H3. The molecular weight excluding hydrogens is 218 g/mol. The fourth-order valence-corrected chi connectivity index (χ4v) is 1.97. The zero-order valence-corrected chi connectivity index (χ0v) is 10.3. The smallest absolute Gasteiger partial charge is 0.160 e. The first kappa shape index (κ1) is 12.0. The summed E-state index contributed by atoms with van der Waals surface area (Å²) in [6, 6.07) is 5.68. The highest BCUT2D eigenvalue weighted by molar-refractivity contribution is 5.54. The SMILES string of the molecule is COCC(Nc1ccc(OC)c(O)c1)C1CC1. The van der Waals surface area contributed by atoms with Gasteiger partial charge in [-0.05, 0) is 30.9 Å². The lowest BCUT2D eigenvalue weighted by atomic mass is 10.2. The third-order valence-electron chi connectivity index (χ3n) is 3.07. The maximum atomic E-state index is 9.69. The van der Waals surface area contributed by atoms with Gasteiger partial charge < -0.3 is 19.9 Å². The number of phenols is 1. The highest BCUT2D eigenvalue weighted by Crippen LogP contribution is 2.35. The van der Waals surface area contributed by atoms with E-state index in [9.17, 15) is 5.11 Å². The van der Waals surface area contributed by atoms with Gasteiger partial charge in [-0.2, -0.15) is 0 Å². The summed E-state index contributed by atoms with van der Waals surface area (Å²) in [7, 11) is 3.25. The number of ether oxygens (including phenoxy) is 2. The van der Waals surface area contributed by atoms with Crippen LogP contribution in [0.3, 0.4) is 0 Å². The number of phenolic OH excluding ortho intramolecular Hbond substituents is 1. The van der Waals surface area contributed by atoms with Crippen LogP contribution in [0.2, 0.25) is 0 Å². The fraction of sp³-hybridized carbons (Fsp3) is 0.538. The Labute approximate surface area is 102 Å². The molecule has 0 bridgehead atoms. The van der Waals surface area contributed by atoms with Crippen molar-refractivity contribution in [3.8, 4) is 11.5 Å². The molecule has 0 heterocycles. The maximum absolute atomic E-state index is 9.69. The van der Waals surface area contributed by atoms with Crippen LogP contribution in [-0.4, -0.2) is 32.0 Å². The second-order valence-corrected chi connectivity index (χ2v) is 4.43. The molecule has 4 heteroatoms. The number of benzene rings is 1. The summed E-state index contributed by atoms with van der Waals surface area (Å²) in [4.78, 5) is 0. The van der Waals surface area contributed by atoms with Crippen LogP contribution >= 0.6 is 0 Å². The molecule has 0 spiro atoms. The topological polar surface area (TPSA) is 50.7 Å². The van der Waals surface area contributed by atoms with Crippen LogP contribution in [0.5, 0.6) is 11.5 Å². The number of rotatable bonds is 6. The maximum Gasteiger partial charge on any atom is 0.160 e. The van der Waals surface area contributed by atoms with Crippen molar-refractivity contribution < 1.29 is 14.6 Å². The summed E-state index contributed by atoms with van der Waals surface area (Å²) in [5.41, 5.74) is 0.900. The van der Waals surface area contributed by atoms with Crippen molar-refractivity contribution >= 4 is 5.69 Å². The quantitative estimate of drug-likeness (QED) is 0.796. The van der Waals surface area contributed by atoms with Crippen LogP contribution in [0.1, 0.15) is 12.8 Å². The Hall–Kier alpha value is -1.42. The highest BCUT2D eigenvalue weighted by atomic mass is 16.5. The van der Waals surface area contributed by atoms with Crippen molar-refractivity contribution in [3.05, 3.63) is 18.2 Å². The molecule has 1 aliphatic rings. The first-order valence-corrected chi connectivity index (χ1v) is 5.87. The van der Waals surface area contributed by atoms with E-state index in [2.05, 4.69) is 5.32 Å². The molecule has 0 radical (unpaired) electrons. The van der Waals surface area contributed by atoms with Gasteiger partial charge in [0.05, 0.1) is 19.8 Å². The van der Waals surface area contributed by atoms with Gasteiger partial charge in [-0.15, -0.1) is 0 Å². The van der Waals surface area contributed by atoms with Crippen LogP contribution < -0.4 is 10.1 Å². The third kappa shape index (κ3) is 3.03. The van der Waals surface area contributed by atoms with Crippen LogP contribution in [0.15, 0.2) is 18.2 Å². The molecule has 1 aliphatic carbocycles. The van der Waals surface area contributed by atoms with Gasteiger partial charge in [0.25, 0.3) is 0 Å². The molecule has 1 aromatic carbocycles. The molecular formula is C13H19NO3. The zero-order chi connectivity index (χ0) is 12.3. The van der Waals surface area contributed by atoms with E-state index >= 15 is 0 Å². The molecule has 1 aromatic rings. The van der Waals surface area contributed by atoms with Gasteiger partial charge >= 0.3 is 0 Å². The van der Waals surface area contributed by atoms with E-state index in [1.54, 1.807) is 26.4 Å². The Morgan fingerprint density at radius 1 is 1.41 bits per heavy atom. The highest BCUT2D eigenvalue weighted by Gasteiger charge is 2.31. The Kier molecular flexibility index (Phi) is 3.74. The summed E-state index contributed by atoms with van der Waals surface area (Å²) in [6.07, 6.45) is 2.51. The third-order valence-corrected chi connectivity index (χ3v) is 3.07. The molecule has 94 valence electrons. The minimum atomic E-state index is 0.157. The van der Waals surface area contributed by atoms with Gasteiger partial charge in [-0.3, -0.25) is 0 Å². The van der Waals surface area contributed by atoms with Crippen LogP contribution in [0, 0.1) is 5.92 Å². The molecule has 17 heavy (non-hydrogen) atoms. The second-order valence-electron chi connectivity index (χ2n) is 4.43. The normalized spacial score (nSPS) is 16.6. The Bertz CT molecular complexity index is 377. The molecule has 0 aromatic heterocycles. The molecule has 2 rings (SSSR count). The average Bonchev–Trinajstić information content (AvgIpc) is 3.12. The molecule has 0 saturated heterocycles. The lowest BCUT2D eigenvalue weighted by Crippen LogP contribution is -2.27. The van der Waals surface area contributed by atoms with Crippen molar-refractivity contribution in [2.75, 3.05) is 26.1 Å². The largest absolute Gasteiger partial charge is 0.504 e. The zero-order valence-electron chi connectivity index (χ0n) is 10.3. The second kappa shape index (κ2) is 5.27. The van der Waals surface area contributed by atoms with E-state index in [1.165, 1.54) is 12.8 Å². The Morgan fingerprint density at radius 2 is 2.18 bits per heavy atom. The van der Waals surface area contributed by atoms with Gasteiger partial charge in [-0.1, -0.05) is 0 Å². The Morgan fingerprint density at radius 3 is 2.71 bits per heavy atom. The van der Waals surface area contributed by atoms with E-state index in [-0.39, 0.29) is 5.75 Å². The lowest BCUT2D eigenvalue weighted by molar-refractivity contribution is 0.179. The summed E-state index contributed by atoms with van der Waals surface area (Å²) in [5.74, 6) is 1.34. The average molecular weight is 237 g/mol. The molecule has 1 unspecified atom stereocenters. The van der Waals surface area contributed by atoms with Gasteiger partial charge in [0.15, 0.2) is 11.5 Å². The first-order chi connectivity index (χ1) is 8.24. The Balaban J connectivity index is 2.03. The molecule has 1 atom stereocenters.